The molecule has 0 bridgehead atoms. The van der Waals surface area contributed by atoms with Gasteiger partial charge >= 0.3 is 5.97 Å². The molecule has 12 heteroatoms. The Morgan fingerprint density at radius 1 is 0.660 bits per heavy atom. The number of amides is 2. The number of ether oxygens (including phenoxy) is 6. The summed E-state index contributed by atoms with van der Waals surface area (Å²) in [4.78, 5) is 38.9. The van der Waals surface area contributed by atoms with Gasteiger partial charge in [-0.3, -0.25) is 9.59 Å². The third kappa shape index (κ3) is 8.57. The highest BCUT2D eigenvalue weighted by Crippen LogP contribution is 2.38. The van der Waals surface area contributed by atoms with Gasteiger partial charge in [0.15, 0.2) is 23.0 Å². The van der Waals surface area contributed by atoms with Crippen LogP contribution in [0, 0.1) is 0 Å². The van der Waals surface area contributed by atoms with Gasteiger partial charge in [0.05, 0.1) is 46.3 Å². The van der Waals surface area contributed by atoms with Crippen LogP contribution in [0.25, 0.3) is 0 Å². The molecular weight excluding hydrogens is 606 g/mol. The van der Waals surface area contributed by atoms with Crippen molar-refractivity contribution in [3.05, 3.63) is 101 Å². The number of carbonyl (C=O) groups is 3. The lowest BCUT2D eigenvalue weighted by Crippen LogP contribution is -2.18. The van der Waals surface area contributed by atoms with Crippen molar-refractivity contribution in [3.63, 3.8) is 0 Å². The first-order chi connectivity index (χ1) is 22.8. The van der Waals surface area contributed by atoms with Crippen LogP contribution in [-0.2, 0) is 0 Å². The fraction of sp³-hybridized carbons (Fsp3) is 0.200. The summed E-state index contributed by atoms with van der Waals surface area (Å²) in [6, 6.07) is 21.0. The Morgan fingerprint density at radius 2 is 1.32 bits per heavy atom. The fourth-order valence-corrected chi connectivity index (χ4v) is 4.40. The molecule has 4 rings (SSSR count). The zero-order valence-electron chi connectivity index (χ0n) is 26.6. The van der Waals surface area contributed by atoms with E-state index in [1.54, 1.807) is 60.7 Å². The van der Waals surface area contributed by atoms with Crippen molar-refractivity contribution < 1.29 is 42.8 Å². The average molecular weight is 642 g/mol. The molecule has 0 aliphatic heterocycles. The van der Waals surface area contributed by atoms with E-state index in [0.29, 0.717) is 58.8 Å². The minimum absolute atomic E-state index is 0.170. The van der Waals surface area contributed by atoms with Crippen molar-refractivity contribution in [3.8, 4) is 34.5 Å². The molecule has 0 aliphatic carbocycles. The van der Waals surface area contributed by atoms with Crippen LogP contribution < -0.4 is 39.2 Å². The second kappa shape index (κ2) is 16.3. The van der Waals surface area contributed by atoms with Gasteiger partial charge in [-0.05, 0) is 74.5 Å². The van der Waals surface area contributed by atoms with Crippen LogP contribution in [0.2, 0.25) is 0 Å². The van der Waals surface area contributed by atoms with Crippen molar-refractivity contribution in [2.75, 3.05) is 39.9 Å². The van der Waals surface area contributed by atoms with Crippen molar-refractivity contribution >= 4 is 29.7 Å². The zero-order chi connectivity index (χ0) is 33.8. The number of anilines is 1. The van der Waals surface area contributed by atoms with Crippen molar-refractivity contribution in [1.82, 2.24) is 5.43 Å². The van der Waals surface area contributed by atoms with Gasteiger partial charge in [-0.1, -0.05) is 18.2 Å². The molecule has 2 N–H and O–H groups in total. The van der Waals surface area contributed by atoms with Gasteiger partial charge in [0.2, 0.25) is 5.75 Å². The third-order valence-electron chi connectivity index (χ3n) is 6.58. The smallest absolute Gasteiger partial charge is 0.343 e. The number of hydrogen-bond acceptors (Lipinski definition) is 10. The second-order valence-electron chi connectivity index (χ2n) is 9.60. The molecule has 47 heavy (non-hydrogen) atoms. The summed E-state index contributed by atoms with van der Waals surface area (Å²) in [7, 11) is 4.35. The van der Waals surface area contributed by atoms with Gasteiger partial charge in [-0.15, -0.1) is 0 Å². The normalized spacial score (nSPS) is 10.6. The number of carbonyl (C=O) groups excluding carboxylic acids is 3. The number of nitrogens with zero attached hydrogens (tertiary/aromatic N) is 1. The van der Waals surface area contributed by atoms with Crippen LogP contribution in [-0.4, -0.2) is 58.5 Å². The first kappa shape index (κ1) is 33.8. The maximum absolute atomic E-state index is 13.0. The topological polar surface area (TPSA) is 143 Å². The minimum Gasteiger partial charge on any atom is -0.493 e. The Morgan fingerprint density at radius 3 is 2.00 bits per heavy atom. The molecule has 0 saturated heterocycles. The number of benzene rings is 4. The summed E-state index contributed by atoms with van der Waals surface area (Å²) < 4.78 is 32.8. The Kier molecular flexibility index (Phi) is 11.8. The van der Waals surface area contributed by atoms with Crippen LogP contribution in [0.5, 0.6) is 34.5 Å². The van der Waals surface area contributed by atoms with E-state index in [-0.39, 0.29) is 22.8 Å². The second-order valence-corrected chi connectivity index (χ2v) is 9.60. The molecule has 0 fully saturated rings. The molecule has 0 saturated carbocycles. The van der Waals surface area contributed by atoms with E-state index in [2.05, 4.69) is 15.8 Å². The number of esters is 1. The molecule has 0 atom stereocenters. The Labute approximate surface area is 272 Å². The number of nitrogens with one attached hydrogen (secondary N) is 2. The monoisotopic (exact) mass is 641 g/mol. The lowest BCUT2D eigenvalue weighted by atomic mass is 10.1. The fourth-order valence-electron chi connectivity index (χ4n) is 4.40. The molecule has 4 aromatic rings. The summed E-state index contributed by atoms with van der Waals surface area (Å²) in [5, 5.41) is 6.83. The predicted octanol–water partition coefficient (Wildman–Crippen LogP) is 5.75. The van der Waals surface area contributed by atoms with Crippen LogP contribution in [0.1, 0.15) is 50.5 Å². The van der Waals surface area contributed by atoms with E-state index in [9.17, 15) is 14.4 Å². The molecule has 0 aromatic heterocycles. The van der Waals surface area contributed by atoms with E-state index < -0.39 is 11.9 Å². The molecule has 12 nitrogen and oxygen atoms in total. The first-order valence-corrected chi connectivity index (χ1v) is 14.6. The van der Waals surface area contributed by atoms with Gasteiger partial charge < -0.3 is 33.7 Å². The number of hydrazone groups is 1. The maximum atomic E-state index is 13.0. The summed E-state index contributed by atoms with van der Waals surface area (Å²) >= 11 is 0. The molecule has 2 amide bonds. The van der Waals surface area contributed by atoms with Crippen LogP contribution in [0.3, 0.4) is 0 Å². The van der Waals surface area contributed by atoms with E-state index in [4.69, 9.17) is 28.4 Å². The summed E-state index contributed by atoms with van der Waals surface area (Å²) in [6.45, 7) is 4.58. The van der Waals surface area contributed by atoms with Gasteiger partial charge in [0.25, 0.3) is 11.8 Å². The Bertz CT molecular complexity index is 1750. The SMILES string of the molecule is CCOc1ccc(C(=O)Nc2cccc(C(=O)NN=Cc3ccccc3OC(=O)c3cc(OC)c(OC)c(OC)c3)c2)cc1OCC. The molecule has 0 unspecified atom stereocenters. The number of methoxy groups -OCH3 is 3. The standard InChI is InChI=1S/C35H35N3O9/c1-6-45-28-16-15-23(18-29(28)46-7-2)33(39)37-26-13-10-12-22(17-26)34(40)38-36-21-24-11-8-9-14-27(24)47-35(41)25-19-30(42-3)32(44-5)31(20-25)43-4/h8-21H,6-7H2,1-5H3,(H,37,39)(H,38,40). The summed E-state index contributed by atoms with van der Waals surface area (Å²) in [5.74, 6) is 0.564. The maximum Gasteiger partial charge on any atom is 0.343 e. The van der Waals surface area contributed by atoms with Crippen molar-refractivity contribution in [2.24, 2.45) is 5.10 Å². The molecule has 244 valence electrons. The lowest BCUT2D eigenvalue weighted by molar-refractivity contribution is 0.0733. The molecule has 0 aliphatic rings. The highest BCUT2D eigenvalue weighted by atomic mass is 16.5. The first-order valence-electron chi connectivity index (χ1n) is 14.6. The highest BCUT2D eigenvalue weighted by Gasteiger charge is 2.19. The number of hydrogen-bond donors (Lipinski definition) is 2. The van der Waals surface area contributed by atoms with Gasteiger partial charge in [-0.2, -0.15) is 5.10 Å². The predicted molar refractivity (Wildman–Crippen MR) is 176 cm³/mol. The van der Waals surface area contributed by atoms with Gasteiger partial charge in [0.1, 0.15) is 5.75 Å². The molecule has 0 radical (unpaired) electrons. The van der Waals surface area contributed by atoms with Crippen LogP contribution in [0.15, 0.2) is 84.0 Å². The molecular formula is C35H35N3O9. The zero-order valence-corrected chi connectivity index (χ0v) is 26.6. The van der Waals surface area contributed by atoms with E-state index >= 15 is 0 Å². The van der Waals surface area contributed by atoms with Crippen molar-refractivity contribution in [2.45, 2.75) is 13.8 Å². The largest absolute Gasteiger partial charge is 0.493 e. The molecule has 4 aromatic carbocycles. The van der Waals surface area contributed by atoms with E-state index in [0.717, 1.165) is 0 Å². The van der Waals surface area contributed by atoms with E-state index in [1.165, 1.54) is 45.7 Å². The quantitative estimate of drug-likeness (QED) is 0.0762. The number of rotatable bonds is 14. The van der Waals surface area contributed by atoms with Gasteiger partial charge in [-0.25, -0.2) is 10.2 Å². The Balaban J connectivity index is 1.43. The van der Waals surface area contributed by atoms with E-state index in [1.807, 2.05) is 13.8 Å². The summed E-state index contributed by atoms with van der Waals surface area (Å²) in [5.41, 5.74) is 4.07. The van der Waals surface area contributed by atoms with Crippen LogP contribution >= 0.6 is 0 Å². The minimum atomic E-state index is -0.674. The molecule has 0 spiro atoms. The molecule has 0 heterocycles. The third-order valence-corrected chi connectivity index (χ3v) is 6.58. The van der Waals surface area contributed by atoms with Crippen LogP contribution in [0.4, 0.5) is 5.69 Å². The Hall–Kier alpha value is -6.04. The average Bonchev–Trinajstić information content (AvgIpc) is 3.09. The number of para-hydroxylation sites is 1. The lowest BCUT2D eigenvalue weighted by Gasteiger charge is -2.14. The highest BCUT2D eigenvalue weighted by molar-refractivity contribution is 6.05. The summed E-state index contributed by atoms with van der Waals surface area (Å²) in [6.07, 6.45) is 1.35. The van der Waals surface area contributed by atoms with Crippen molar-refractivity contribution in [1.29, 1.82) is 0 Å². The van der Waals surface area contributed by atoms with Gasteiger partial charge in [0, 0.05) is 22.4 Å².